The normalized spacial score (nSPS) is 17.2. The van der Waals surface area contributed by atoms with Gasteiger partial charge in [0.2, 0.25) is 0 Å². The predicted octanol–water partition coefficient (Wildman–Crippen LogP) is 2.96. The van der Waals surface area contributed by atoms with Gasteiger partial charge in [-0.3, -0.25) is 4.99 Å². The Hall–Kier alpha value is -1.10. The summed E-state index contributed by atoms with van der Waals surface area (Å²) in [6.07, 6.45) is 8.46. The van der Waals surface area contributed by atoms with Crippen LogP contribution >= 0.6 is 11.3 Å². The van der Waals surface area contributed by atoms with Crippen molar-refractivity contribution in [2.75, 3.05) is 19.6 Å². The van der Waals surface area contributed by atoms with Gasteiger partial charge >= 0.3 is 0 Å². The number of rotatable bonds is 5. The molecule has 0 amide bonds. The van der Waals surface area contributed by atoms with Crippen molar-refractivity contribution in [1.82, 2.24) is 9.88 Å². The second kappa shape index (κ2) is 8.25. The molecule has 1 aromatic rings. The first-order valence-corrected chi connectivity index (χ1v) is 8.59. The molecule has 1 aliphatic rings. The molecule has 2 rings (SSSR count). The average molecular weight is 294 g/mol. The van der Waals surface area contributed by atoms with Crippen molar-refractivity contribution in [1.29, 1.82) is 0 Å². The summed E-state index contributed by atoms with van der Waals surface area (Å²) in [5.41, 5.74) is 7.21. The van der Waals surface area contributed by atoms with Gasteiger partial charge in [0.15, 0.2) is 5.96 Å². The van der Waals surface area contributed by atoms with Crippen LogP contribution in [0.3, 0.4) is 0 Å². The molecule has 0 radical (unpaired) electrons. The quantitative estimate of drug-likeness (QED) is 0.516. The SMILES string of the molecule is Cc1csc(CCCCN=C(N)N2CCCCCC2)n1. The van der Waals surface area contributed by atoms with E-state index in [0.29, 0.717) is 0 Å². The first-order chi connectivity index (χ1) is 9.75. The van der Waals surface area contributed by atoms with Crippen molar-refractivity contribution >= 4 is 17.3 Å². The van der Waals surface area contributed by atoms with Gasteiger partial charge < -0.3 is 10.6 Å². The number of thiazole rings is 1. The molecule has 0 aliphatic carbocycles. The van der Waals surface area contributed by atoms with Crippen LogP contribution in [0.5, 0.6) is 0 Å². The number of nitrogens with two attached hydrogens (primary N) is 1. The largest absolute Gasteiger partial charge is 0.370 e. The van der Waals surface area contributed by atoms with Gasteiger partial charge in [-0.2, -0.15) is 0 Å². The Morgan fingerprint density at radius 2 is 2.05 bits per heavy atom. The van der Waals surface area contributed by atoms with E-state index in [1.54, 1.807) is 11.3 Å². The van der Waals surface area contributed by atoms with Crippen molar-refractivity contribution < 1.29 is 0 Å². The molecule has 0 unspecified atom stereocenters. The Morgan fingerprint density at radius 1 is 1.30 bits per heavy atom. The number of guanidine groups is 1. The van der Waals surface area contributed by atoms with E-state index in [1.165, 1.54) is 30.7 Å². The molecule has 20 heavy (non-hydrogen) atoms. The number of aromatic nitrogens is 1. The molecule has 1 saturated heterocycles. The molecule has 4 nitrogen and oxygen atoms in total. The fraction of sp³-hybridized carbons (Fsp3) is 0.733. The maximum Gasteiger partial charge on any atom is 0.191 e. The fourth-order valence-corrected chi connectivity index (χ4v) is 3.32. The number of aliphatic imine (C=N–C) groups is 1. The van der Waals surface area contributed by atoms with E-state index in [2.05, 4.69) is 20.3 Å². The van der Waals surface area contributed by atoms with Gasteiger partial charge in [0.05, 0.1) is 5.01 Å². The van der Waals surface area contributed by atoms with Crippen LogP contribution in [0.1, 0.15) is 49.2 Å². The molecule has 0 spiro atoms. The van der Waals surface area contributed by atoms with Crippen molar-refractivity contribution in [2.24, 2.45) is 10.7 Å². The van der Waals surface area contributed by atoms with E-state index in [9.17, 15) is 0 Å². The van der Waals surface area contributed by atoms with Gasteiger partial charge in [-0.15, -0.1) is 11.3 Å². The molecular weight excluding hydrogens is 268 g/mol. The second-order valence-corrected chi connectivity index (χ2v) is 6.42. The van der Waals surface area contributed by atoms with Crippen LogP contribution in [0.2, 0.25) is 0 Å². The highest BCUT2D eigenvalue weighted by atomic mass is 32.1. The molecule has 1 fully saturated rings. The third-order valence-electron chi connectivity index (χ3n) is 3.67. The summed E-state index contributed by atoms with van der Waals surface area (Å²) in [6, 6.07) is 0. The highest BCUT2D eigenvalue weighted by Gasteiger charge is 2.10. The summed E-state index contributed by atoms with van der Waals surface area (Å²) in [6.45, 7) is 5.04. The minimum atomic E-state index is 0.747. The van der Waals surface area contributed by atoms with Crippen LogP contribution in [-0.2, 0) is 6.42 Å². The first kappa shape index (κ1) is 15.3. The monoisotopic (exact) mass is 294 g/mol. The summed E-state index contributed by atoms with van der Waals surface area (Å²) in [4.78, 5) is 11.3. The van der Waals surface area contributed by atoms with Crippen molar-refractivity contribution in [2.45, 2.75) is 51.9 Å². The third kappa shape index (κ3) is 5.12. The zero-order valence-corrected chi connectivity index (χ0v) is 13.3. The standard InChI is InChI=1S/C15H26N4S/c1-13-12-20-14(18-13)8-4-5-9-17-15(16)19-10-6-2-3-7-11-19/h12H,2-11H2,1H3,(H2,16,17). The van der Waals surface area contributed by atoms with Gasteiger partial charge in [0, 0.05) is 30.7 Å². The van der Waals surface area contributed by atoms with Crippen LogP contribution < -0.4 is 5.73 Å². The van der Waals surface area contributed by atoms with E-state index in [0.717, 1.165) is 50.6 Å². The van der Waals surface area contributed by atoms with Gasteiger partial charge in [0.25, 0.3) is 0 Å². The number of unbranched alkanes of at least 4 members (excludes halogenated alkanes) is 1. The Labute approximate surface area is 126 Å². The van der Waals surface area contributed by atoms with Crippen LogP contribution in [0.4, 0.5) is 0 Å². The lowest BCUT2D eigenvalue weighted by Gasteiger charge is -2.21. The minimum absolute atomic E-state index is 0.747. The van der Waals surface area contributed by atoms with Crippen LogP contribution in [0, 0.1) is 6.92 Å². The lowest BCUT2D eigenvalue weighted by atomic mass is 10.2. The summed E-state index contributed by atoms with van der Waals surface area (Å²) < 4.78 is 0. The number of hydrogen-bond acceptors (Lipinski definition) is 3. The van der Waals surface area contributed by atoms with E-state index in [1.807, 2.05) is 6.92 Å². The maximum absolute atomic E-state index is 6.08. The minimum Gasteiger partial charge on any atom is -0.370 e. The van der Waals surface area contributed by atoms with Crippen LogP contribution in [-0.4, -0.2) is 35.5 Å². The van der Waals surface area contributed by atoms with Crippen molar-refractivity contribution in [3.63, 3.8) is 0 Å². The molecule has 0 aromatic carbocycles. The number of aryl methyl sites for hydroxylation is 2. The maximum atomic E-state index is 6.08. The van der Waals surface area contributed by atoms with Crippen LogP contribution in [0.25, 0.3) is 0 Å². The lowest BCUT2D eigenvalue weighted by Crippen LogP contribution is -2.38. The Bertz CT molecular complexity index is 419. The molecule has 0 atom stereocenters. The molecular formula is C15H26N4S. The Morgan fingerprint density at radius 3 is 2.70 bits per heavy atom. The van der Waals surface area contributed by atoms with E-state index in [4.69, 9.17) is 5.73 Å². The molecule has 2 N–H and O–H groups in total. The lowest BCUT2D eigenvalue weighted by molar-refractivity contribution is 0.428. The molecule has 0 saturated carbocycles. The Kier molecular flexibility index (Phi) is 6.30. The van der Waals surface area contributed by atoms with E-state index >= 15 is 0 Å². The third-order valence-corrected chi connectivity index (χ3v) is 4.70. The number of hydrogen-bond donors (Lipinski definition) is 1. The summed E-state index contributed by atoms with van der Waals surface area (Å²) in [5, 5.41) is 3.36. The molecule has 1 aromatic heterocycles. The van der Waals surface area contributed by atoms with Gasteiger partial charge in [0.1, 0.15) is 0 Å². The van der Waals surface area contributed by atoms with Gasteiger partial charge in [-0.1, -0.05) is 12.8 Å². The molecule has 1 aliphatic heterocycles. The molecule has 2 heterocycles. The summed E-state index contributed by atoms with van der Waals surface area (Å²) in [5.74, 6) is 0.747. The van der Waals surface area contributed by atoms with E-state index < -0.39 is 0 Å². The average Bonchev–Trinajstić information content (AvgIpc) is 2.69. The van der Waals surface area contributed by atoms with Crippen molar-refractivity contribution in [3.8, 4) is 0 Å². The number of likely N-dealkylation sites (tertiary alicyclic amines) is 1. The highest BCUT2D eigenvalue weighted by molar-refractivity contribution is 7.09. The first-order valence-electron chi connectivity index (χ1n) is 7.71. The highest BCUT2D eigenvalue weighted by Crippen LogP contribution is 2.12. The topological polar surface area (TPSA) is 54.5 Å². The second-order valence-electron chi connectivity index (χ2n) is 5.48. The fourth-order valence-electron chi connectivity index (χ4n) is 2.50. The number of nitrogens with zero attached hydrogens (tertiary/aromatic N) is 3. The van der Waals surface area contributed by atoms with E-state index in [-0.39, 0.29) is 0 Å². The van der Waals surface area contributed by atoms with Crippen LogP contribution in [0.15, 0.2) is 10.4 Å². The van der Waals surface area contributed by atoms with Crippen molar-refractivity contribution in [3.05, 3.63) is 16.1 Å². The Balaban J connectivity index is 1.64. The molecule has 112 valence electrons. The van der Waals surface area contributed by atoms with Gasteiger partial charge in [-0.25, -0.2) is 4.98 Å². The predicted molar refractivity (Wildman–Crippen MR) is 86.3 cm³/mol. The van der Waals surface area contributed by atoms with Gasteiger partial charge in [-0.05, 0) is 39.0 Å². The summed E-state index contributed by atoms with van der Waals surface area (Å²) in [7, 11) is 0. The zero-order chi connectivity index (χ0) is 14.2. The summed E-state index contributed by atoms with van der Waals surface area (Å²) >= 11 is 1.76. The smallest absolute Gasteiger partial charge is 0.191 e. The zero-order valence-electron chi connectivity index (χ0n) is 12.5. The molecule has 5 heteroatoms. The molecule has 0 bridgehead atoms.